The summed E-state index contributed by atoms with van der Waals surface area (Å²) in [5.74, 6) is -1.97. The van der Waals surface area contributed by atoms with Crippen LogP contribution in [0.25, 0.3) is 10.9 Å². The molecule has 0 aliphatic heterocycles. The molecule has 1 atom stereocenters. The number of fused-ring (bicyclic) bond motifs is 1. The van der Waals surface area contributed by atoms with Gasteiger partial charge in [-0.05, 0) is 48.7 Å². The van der Waals surface area contributed by atoms with Gasteiger partial charge in [0, 0.05) is 35.6 Å². The topological polar surface area (TPSA) is 85.4 Å². The number of H-pyrrole nitrogens is 1. The Bertz CT molecular complexity index is 1370. The molecule has 0 saturated carbocycles. The highest BCUT2D eigenvalue weighted by atomic mass is 19.1. The zero-order valence-corrected chi connectivity index (χ0v) is 19.8. The summed E-state index contributed by atoms with van der Waals surface area (Å²) in [7, 11) is 0. The van der Waals surface area contributed by atoms with Gasteiger partial charge < -0.3 is 15.4 Å². The summed E-state index contributed by atoms with van der Waals surface area (Å²) < 4.78 is 28.3. The number of para-hydroxylation sites is 1. The van der Waals surface area contributed by atoms with Gasteiger partial charge in [0.15, 0.2) is 0 Å². The lowest BCUT2D eigenvalue weighted by molar-refractivity contribution is -0.132. The highest BCUT2D eigenvalue weighted by molar-refractivity contribution is 5.91. The lowest BCUT2D eigenvalue weighted by Gasteiger charge is -2.38. The molecule has 0 aliphatic carbocycles. The number of hydrogen-bond acceptors (Lipinski definition) is 2. The zero-order valence-electron chi connectivity index (χ0n) is 19.8. The molecule has 0 unspecified atom stereocenters. The first-order valence-corrected chi connectivity index (χ1v) is 11.6. The molecule has 1 heterocycles. The number of benzene rings is 3. The molecular formula is C28H27F2N3O3. The van der Waals surface area contributed by atoms with Crippen molar-refractivity contribution in [2.75, 3.05) is 6.54 Å². The average Bonchev–Trinajstić information content (AvgIpc) is 3.27. The first-order chi connectivity index (χ1) is 17.3. The fraction of sp³-hybridized carbons (Fsp3) is 0.214. The lowest BCUT2D eigenvalue weighted by atomic mass is 9.89. The normalized spacial score (nSPS) is 12.8. The lowest BCUT2D eigenvalue weighted by Crippen LogP contribution is -2.59. The minimum Gasteiger partial charge on any atom is -0.465 e. The molecular weight excluding hydrogens is 464 g/mol. The summed E-state index contributed by atoms with van der Waals surface area (Å²) in [6.07, 6.45) is 0.904. The van der Waals surface area contributed by atoms with E-state index in [2.05, 4.69) is 10.3 Å². The fourth-order valence-corrected chi connectivity index (χ4v) is 4.39. The maximum atomic E-state index is 14.5. The van der Waals surface area contributed by atoms with Crippen LogP contribution in [0.4, 0.5) is 13.6 Å². The predicted molar refractivity (Wildman–Crippen MR) is 133 cm³/mol. The number of halogens is 2. The van der Waals surface area contributed by atoms with Crippen LogP contribution in [0.15, 0.2) is 79.0 Å². The molecule has 4 rings (SSSR count). The van der Waals surface area contributed by atoms with E-state index >= 15 is 0 Å². The number of carbonyl (C=O) groups is 2. The number of amides is 2. The van der Waals surface area contributed by atoms with E-state index in [1.165, 1.54) is 6.92 Å². The Morgan fingerprint density at radius 1 is 1.00 bits per heavy atom. The van der Waals surface area contributed by atoms with Gasteiger partial charge in [-0.15, -0.1) is 0 Å². The van der Waals surface area contributed by atoms with Gasteiger partial charge >= 0.3 is 6.09 Å². The molecule has 0 bridgehead atoms. The largest absolute Gasteiger partial charge is 0.465 e. The highest BCUT2D eigenvalue weighted by Crippen LogP contribution is 2.29. The van der Waals surface area contributed by atoms with Crippen LogP contribution in [0.1, 0.15) is 23.6 Å². The first kappa shape index (κ1) is 24.9. The molecule has 4 aromatic rings. The van der Waals surface area contributed by atoms with Gasteiger partial charge in [-0.2, -0.15) is 0 Å². The van der Waals surface area contributed by atoms with Gasteiger partial charge in [0.05, 0.1) is 6.54 Å². The Labute approximate surface area is 207 Å². The zero-order chi connectivity index (χ0) is 25.7. The molecule has 6 nitrogen and oxygen atoms in total. The SMILES string of the molecule is C[C@@](Cc1c[nH]c2ccccc12)(C(=O)NCCc1ccccc1)N(Cc1cc(F)ccc1F)C(=O)O. The number of hydrogen-bond donors (Lipinski definition) is 3. The summed E-state index contributed by atoms with van der Waals surface area (Å²) in [6, 6.07) is 19.9. The number of aromatic amines is 1. The third-order valence-corrected chi connectivity index (χ3v) is 6.40. The molecule has 0 fully saturated rings. The Morgan fingerprint density at radius 2 is 1.72 bits per heavy atom. The first-order valence-electron chi connectivity index (χ1n) is 11.6. The van der Waals surface area contributed by atoms with Crippen molar-refractivity contribution in [2.24, 2.45) is 0 Å². The van der Waals surface area contributed by atoms with E-state index in [1.807, 2.05) is 54.6 Å². The smallest absolute Gasteiger partial charge is 0.408 e. The maximum absolute atomic E-state index is 14.5. The number of carbonyl (C=O) groups excluding carboxylic acids is 1. The van der Waals surface area contributed by atoms with Crippen molar-refractivity contribution in [3.8, 4) is 0 Å². The van der Waals surface area contributed by atoms with Crippen molar-refractivity contribution in [3.05, 3.63) is 107 Å². The maximum Gasteiger partial charge on any atom is 0.408 e. The molecule has 1 aromatic heterocycles. The fourth-order valence-electron chi connectivity index (χ4n) is 4.39. The van der Waals surface area contributed by atoms with Crippen molar-refractivity contribution in [1.29, 1.82) is 0 Å². The van der Waals surface area contributed by atoms with Crippen molar-refractivity contribution in [1.82, 2.24) is 15.2 Å². The summed E-state index contributed by atoms with van der Waals surface area (Å²) >= 11 is 0. The molecule has 0 saturated heterocycles. The molecule has 186 valence electrons. The van der Waals surface area contributed by atoms with Crippen LogP contribution in [0.5, 0.6) is 0 Å². The quantitative estimate of drug-likeness (QED) is 0.298. The average molecular weight is 492 g/mol. The van der Waals surface area contributed by atoms with Crippen LogP contribution in [0, 0.1) is 11.6 Å². The standard InChI is InChI=1S/C28H27F2N3O3/c1-28(16-21-17-32-25-10-6-5-9-23(21)25,26(34)31-14-13-19-7-3-2-4-8-19)33(27(35)36)18-20-15-22(29)11-12-24(20)30/h2-12,15,17,32H,13-14,16,18H2,1H3,(H,31,34)(H,35,36)/t28-/m1/s1. The third kappa shape index (κ3) is 5.38. The van der Waals surface area contributed by atoms with E-state index in [0.29, 0.717) is 6.42 Å². The van der Waals surface area contributed by atoms with Gasteiger partial charge in [0.25, 0.3) is 0 Å². The van der Waals surface area contributed by atoms with Gasteiger partial charge in [-0.1, -0.05) is 48.5 Å². The molecule has 2 amide bonds. The van der Waals surface area contributed by atoms with E-state index in [4.69, 9.17) is 0 Å². The Balaban J connectivity index is 1.67. The minimum absolute atomic E-state index is 0.0252. The second kappa shape index (κ2) is 10.6. The summed E-state index contributed by atoms with van der Waals surface area (Å²) in [5, 5.41) is 13.9. The van der Waals surface area contributed by atoms with Crippen LogP contribution in [0.3, 0.4) is 0 Å². The molecule has 3 aromatic carbocycles. The number of aromatic nitrogens is 1. The van der Waals surface area contributed by atoms with E-state index in [9.17, 15) is 23.5 Å². The number of nitrogens with zero attached hydrogens (tertiary/aromatic N) is 1. The third-order valence-electron chi connectivity index (χ3n) is 6.40. The van der Waals surface area contributed by atoms with Crippen molar-refractivity contribution in [3.63, 3.8) is 0 Å². The Hall–Kier alpha value is -4.20. The molecule has 0 spiro atoms. The van der Waals surface area contributed by atoms with Crippen LogP contribution < -0.4 is 5.32 Å². The van der Waals surface area contributed by atoms with Crippen LogP contribution >= 0.6 is 0 Å². The molecule has 36 heavy (non-hydrogen) atoms. The second-order valence-electron chi connectivity index (χ2n) is 8.91. The van der Waals surface area contributed by atoms with Crippen LogP contribution in [-0.4, -0.2) is 39.1 Å². The van der Waals surface area contributed by atoms with Gasteiger partial charge in [-0.3, -0.25) is 9.69 Å². The Morgan fingerprint density at radius 3 is 2.47 bits per heavy atom. The number of nitrogens with one attached hydrogen (secondary N) is 2. The number of carboxylic acid groups (broad SMARTS) is 1. The van der Waals surface area contributed by atoms with Crippen LogP contribution in [0.2, 0.25) is 0 Å². The predicted octanol–water partition coefficient (Wildman–Crippen LogP) is 5.29. The van der Waals surface area contributed by atoms with Crippen molar-refractivity contribution >= 4 is 22.9 Å². The van der Waals surface area contributed by atoms with Gasteiger partial charge in [0.1, 0.15) is 17.2 Å². The molecule has 3 N–H and O–H groups in total. The second-order valence-corrected chi connectivity index (χ2v) is 8.91. The molecule has 8 heteroatoms. The summed E-state index contributed by atoms with van der Waals surface area (Å²) in [6.45, 7) is 1.30. The van der Waals surface area contributed by atoms with Gasteiger partial charge in [-0.25, -0.2) is 13.6 Å². The van der Waals surface area contributed by atoms with Gasteiger partial charge in [0.2, 0.25) is 5.91 Å². The minimum atomic E-state index is -1.62. The Kier molecular flexibility index (Phi) is 7.33. The monoisotopic (exact) mass is 491 g/mol. The molecule has 0 radical (unpaired) electrons. The van der Waals surface area contributed by atoms with E-state index in [-0.39, 0.29) is 18.5 Å². The highest BCUT2D eigenvalue weighted by Gasteiger charge is 2.43. The van der Waals surface area contributed by atoms with E-state index in [0.717, 1.165) is 45.1 Å². The van der Waals surface area contributed by atoms with Crippen molar-refractivity contribution in [2.45, 2.75) is 31.8 Å². The van der Waals surface area contributed by atoms with E-state index in [1.54, 1.807) is 6.20 Å². The summed E-state index contributed by atoms with van der Waals surface area (Å²) in [5.41, 5.74) is 0.828. The van der Waals surface area contributed by atoms with Crippen LogP contribution in [-0.2, 0) is 24.2 Å². The van der Waals surface area contributed by atoms with Crippen molar-refractivity contribution < 1.29 is 23.5 Å². The van der Waals surface area contributed by atoms with E-state index < -0.39 is 35.7 Å². The molecule has 0 aliphatic rings. The summed E-state index contributed by atoms with van der Waals surface area (Å²) in [4.78, 5) is 30.1. The number of rotatable bonds is 9.